The normalized spacial score (nSPS) is 36.4. The number of halogens is 1. The van der Waals surface area contributed by atoms with Gasteiger partial charge in [-0.1, -0.05) is 13.3 Å². The molecule has 3 aliphatic rings. The van der Waals surface area contributed by atoms with Gasteiger partial charge in [-0.3, -0.25) is 4.79 Å². The van der Waals surface area contributed by atoms with E-state index in [4.69, 9.17) is 0 Å². The van der Waals surface area contributed by atoms with Crippen LogP contribution < -0.4 is 10.6 Å². The number of hydrogen-bond donors (Lipinski definition) is 2. The minimum Gasteiger partial charge on any atom is -0.355 e. The summed E-state index contributed by atoms with van der Waals surface area (Å²) < 4.78 is 0. The molecule has 2 aliphatic carbocycles. The fraction of sp³-hybridized carbons (Fsp3) is 0.929. The maximum Gasteiger partial charge on any atom is 0.223 e. The summed E-state index contributed by atoms with van der Waals surface area (Å²) in [5.41, 5.74) is 0.324. The number of nitrogens with one attached hydrogen (secondary N) is 2. The van der Waals surface area contributed by atoms with E-state index in [2.05, 4.69) is 17.6 Å². The topological polar surface area (TPSA) is 41.1 Å². The van der Waals surface area contributed by atoms with Crippen molar-refractivity contribution >= 4 is 18.3 Å². The van der Waals surface area contributed by atoms with Crippen LogP contribution in [0.3, 0.4) is 0 Å². The molecule has 1 saturated heterocycles. The Morgan fingerprint density at radius 2 is 1.89 bits per heavy atom. The summed E-state index contributed by atoms with van der Waals surface area (Å²) in [6.45, 7) is 5.38. The maximum absolute atomic E-state index is 12.1. The predicted octanol–water partition coefficient (Wildman–Crippen LogP) is 1.96. The van der Waals surface area contributed by atoms with Crippen molar-refractivity contribution in [2.75, 3.05) is 19.6 Å². The summed E-state index contributed by atoms with van der Waals surface area (Å²) in [6, 6.07) is 0. The number of fused-ring (bicyclic) bond motifs is 1. The summed E-state index contributed by atoms with van der Waals surface area (Å²) in [6.07, 6.45) is 6.31. The smallest absolute Gasteiger partial charge is 0.223 e. The summed E-state index contributed by atoms with van der Waals surface area (Å²) in [5.74, 6) is 2.22. The third kappa shape index (κ3) is 2.67. The fourth-order valence-electron chi connectivity index (χ4n) is 3.84. The first-order chi connectivity index (χ1) is 8.20. The molecule has 0 aromatic heterocycles. The molecule has 0 aromatic carbocycles. The van der Waals surface area contributed by atoms with Crippen LogP contribution in [0.25, 0.3) is 0 Å². The van der Waals surface area contributed by atoms with Crippen molar-refractivity contribution in [1.29, 1.82) is 0 Å². The molecule has 3 rings (SSSR count). The zero-order chi connectivity index (χ0) is 11.9. The molecule has 2 N–H and O–H groups in total. The molecule has 2 unspecified atom stereocenters. The molecule has 0 spiro atoms. The minimum absolute atomic E-state index is 0. The molecule has 3 nitrogen and oxygen atoms in total. The number of amides is 1. The molecule has 1 aliphatic heterocycles. The average molecular weight is 273 g/mol. The Morgan fingerprint density at radius 3 is 2.50 bits per heavy atom. The zero-order valence-electron chi connectivity index (χ0n) is 11.2. The van der Waals surface area contributed by atoms with Crippen molar-refractivity contribution in [3.8, 4) is 0 Å². The van der Waals surface area contributed by atoms with Crippen LogP contribution in [0.5, 0.6) is 0 Å². The third-order valence-corrected chi connectivity index (χ3v) is 5.21. The van der Waals surface area contributed by atoms with Crippen LogP contribution in [-0.4, -0.2) is 25.5 Å². The van der Waals surface area contributed by atoms with Gasteiger partial charge in [0.1, 0.15) is 0 Å². The number of hydrogen-bond acceptors (Lipinski definition) is 2. The second-order valence-corrected chi connectivity index (χ2v) is 6.56. The van der Waals surface area contributed by atoms with Crippen LogP contribution in [0.1, 0.15) is 39.0 Å². The van der Waals surface area contributed by atoms with Gasteiger partial charge in [0.25, 0.3) is 0 Å². The van der Waals surface area contributed by atoms with Crippen molar-refractivity contribution in [2.45, 2.75) is 39.0 Å². The molecule has 104 valence electrons. The maximum atomic E-state index is 12.1. The van der Waals surface area contributed by atoms with Crippen LogP contribution in [0.4, 0.5) is 0 Å². The van der Waals surface area contributed by atoms with Crippen molar-refractivity contribution in [3.05, 3.63) is 0 Å². The Bertz CT molecular complexity index is 305. The Labute approximate surface area is 116 Å². The molecule has 0 bridgehead atoms. The SMILES string of the molecule is CC1(CNC(=O)C2C3CCCC32)CCNCC1.Cl. The molecule has 0 aromatic rings. The van der Waals surface area contributed by atoms with Crippen LogP contribution in [0.15, 0.2) is 0 Å². The van der Waals surface area contributed by atoms with Crippen molar-refractivity contribution in [2.24, 2.45) is 23.2 Å². The number of carbonyl (C=O) groups excluding carboxylic acids is 1. The highest BCUT2D eigenvalue weighted by Crippen LogP contribution is 2.57. The van der Waals surface area contributed by atoms with Gasteiger partial charge in [0.15, 0.2) is 0 Å². The van der Waals surface area contributed by atoms with Gasteiger partial charge in [0.05, 0.1) is 0 Å². The summed E-state index contributed by atoms with van der Waals surface area (Å²) in [5, 5.41) is 6.60. The lowest BCUT2D eigenvalue weighted by Crippen LogP contribution is -2.43. The summed E-state index contributed by atoms with van der Waals surface area (Å²) >= 11 is 0. The molecular weight excluding hydrogens is 248 g/mol. The van der Waals surface area contributed by atoms with Gasteiger partial charge in [0.2, 0.25) is 5.91 Å². The molecule has 3 fully saturated rings. The second-order valence-electron chi connectivity index (χ2n) is 6.56. The molecule has 18 heavy (non-hydrogen) atoms. The van der Waals surface area contributed by atoms with E-state index in [0.717, 1.165) is 31.5 Å². The van der Waals surface area contributed by atoms with Crippen molar-refractivity contribution < 1.29 is 4.79 Å². The summed E-state index contributed by atoms with van der Waals surface area (Å²) in [4.78, 5) is 12.1. The van der Waals surface area contributed by atoms with E-state index in [1.54, 1.807) is 0 Å². The Hall–Kier alpha value is -0.280. The number of carbonyl (C=O) groups is 1. The first-order valence-electron chi connectivity index (χ1n) is 7.18. The Balaban J connectivity index is 0.00000120. The van der Waals surface area contributed by atoms with Crippen LogP contribution in [0, 0.1) is 23.2 Å². The molecule has 1 amide bonds. The van der Waals surface area contributed by atoms with E-state index in [9.17, 15) is 4.79 Å². The minimum atomic E-state index is 0. The highest BCUT2D eigenvalue weighted by Gasteiger charge is 2.56. The predicted molar refractivity (Wildman–Crippen MR) is 74.8 cm³/mol. The first kappa shape index (κ1) is 14.1. The van der Waals surface area contributed by atoms with E-state index in [0.29, 0.717) is 17.2 Å². The second kappa shape index (κ2) is 5.38. The van der Waals surface area contributed by atoms with Gasteiger partial charge in [-0.15, -0.1) is 12.4 Å². The van der Waals surface area contributed by atoms with E-state index in [1.165, 1.54) is 32.1 Å². The van der Waals surface area contributed by atoms with Gasteiger partial charge in [0, 0.05) is 12.5 Å². The fourth-order valence-corrected chi connectivity index (χ4v) is 3.84. The standard InChI is InChI=1S/C14H24N2O.ClH/c1-14(5-7-15-8-6-14)9-16-13(17)12-10-3-2-4-11(10)12;/h10-12,15H,2-9H2,1H3,(H,16,17);1H. The number of piperidine rings is 1. The van der Waals surface area contributed by atoms with Crippen LogP contribution in [-0.2, 0) is 4.79 Å². The van der Waals surface area contributed by atoms with Gasteiger partial charge >= 0.3 is 0 Å². The molecule has 2 atom stereocenters. The summed E-state index contributed by atoms with van der Waals surface area (Å²) in [7, 11) is 0. The first-order valence-corrected chi connectivity index (χ1v) is 7.18. The molecular formula is C14H25ClN2O. The van der Waals surface area contributed by atoms with Gasteiger partial charge < -0.3 is 10.6 Å². The lowest BCUT2D eigenvalue weighted by Gasteiger charge is -2.34. The zero-order valence-corrected chi connectivity index (χ0v) is 12.0. The van der Waals surface area contributed by atoms with Gasteiger partial charge in [-0.25, -0.2) is 0 Å². The van der Waals surface area contributed by atoms with E-state index in [1.807, 2.05) is 0 Å². The number of rotatable bonds is 3. The average Bonchev–Trinajstić information content (AvgIpc) is 2.81. The monoisotopic (exact) mass is 272 g/mol. The largest absolute Gasteiger partial charge is 0.355 e. The van der Waals surface area contributed by atoms with Crippen molar-refractivity contribution in [1.82, 2.24) is 10.6 Å². The molecule has 2 saturated carbocycles. The van der Waals surface area contributed by atoms with Crippen LogP contribution in [0.2, 0.25) is 0 Å². The molecule has 1 heterocycles. The highest BCUT2D eigenvalue weighted by molar-refractivity contribution is 5.85. The Morgan fingerprint density at radius 1 is 1.28 bits per heavy atom. The quantitative estimate of drug-likeness (QED) is 0.825. The van der Waals surface area contributed by atoms with Gasteiger partial charge in [-0.2, -0.15) is 0 Å². The Kier molecular flexibility index (Phi) is 4.22. The van der Waals surface area contributed by atoms with Crippen molar-refractivity contribution in [3.63, 3.8) is 0 Å². The lowest BCUT2D eigenvalue weighted by molar-refractivity contribution is -0.123. The highest BCUT2D eigenvalue weighted by atomic mass is 35.5. The molecule has 4 heteroatoms. The van der Waals surface area contributed by atoms with Crippen LogP contribution >= 0.6 is 12.4 Å². The lowest BCUT2D eigenvalue weighted by atomic mass is 9.81. The molecule has 0 radical (unpaired) electrons. The van der Waals surface area contributed by atoms with Gasteiger partial charge in [-0.05, 0) is 56.0 Å². The third-order valence-electron chi connectivity index (χ3n) is 5.21. The van der Waals surface area contributed by atoms with E-state index >= 15 is 0 Å². The van der Waals surface area contributed by atoms with E-state index in [-0.39, 0.29) is 12.4 Å². The van der Waals surface area contributed by atoms with E-state index < -0.39 is 0 Å².